The second-order valence-electron chi connectivity index (χ2n) is 8.40. The molecule has 1 unspecified atom stereocenters. The van der Waals surface area contributed by atoms with Crippen LogP contribution in [-0.2, 0) is 9.59 Å². The molecule has 3 aromatic carbocycles. The van der Waals surface area contributed by atoms with Crippen LogP contribution < -0.4 is 16.0 Å². The number of anilines is 2. The van der Waals surface area contributed by atoms with E-state index in [2.05, 4.69) is 20.9 Å². The lowest BCUT2D eigenvalue weighted by Crippen LogP contribution is -2.30. The standard InChI is InChI=1S/C30H25FN4O3S/c1-20(28(36)33-24-14-12-23(31)13-15-24)39-26-11-5-10-25(18-26)34-30(38)27(17-21-7-6-16-32-19-21)35-29(37)22-8-3-2-4-9-22/h2-20H,1H3,(H,33,36)(H,34,38)(H,35,37)/b27-17-. The van der Waals surface area contributed by atoms with Crippen molar-refractivity contribution in [3.8, 4) is 0 Å². The van der Waals surface area contributed by atoms with Gasteiger partial charge in [0.1, 0.15) is 11.5 Å². The summed E-state index contributed by atoms with van der Waals surface area (Å²) in [4.78, 5) is 43.4. The Morgan fingerprint density at radius 1 is 0.872 bits per heavy atom. The van der Waals surface area contributed by atoms with Crippen LogP contribution >= 0.6 is 11.8 Å². The van der Waals surface area contributed by atoms with Gasteiger partial charge in [0.2, 0.25) is 5.91 Å². The molecule has 1 aromatic heterocycles. The minimum Gasteiger partial charge on any atom is -0.325 e. The smallest absolute Gasteiger partial charge is 0.272 e. The van der Waals surface area contributed by atoms with Gasteiger partial charge >= 0.3 is 0 Å². The molecule has 0 saturated heterocycles. The maximum atomic E-state index is 13.2. The number of pyridine rings is 1. The summed E-state index contributed by atoms with van der Waals surface area (Å²) >= 11 is 1.30. The fourth-order valence-electron chi connectivity index (χ4n) is 3.45. The van der Waals surface area contributed by atoms with Crippen molar-refractivity contribution in [2.24, 2.45) is 0 Å². The van der Waals surface area contributed by atoms with Crippen LogP contribution in [-0.4, -0.2) is 28.0 Å². The molecule has 0 aliphatic rings. The van der Waals surface area contributed by atoms with E-state index in [-0.39, 0.29) is 17.4 Å². The molecule has 3 amide bonds. The number of rotatable bonds is 9. The van der Waals surface area contributed by atoms with E-state index < -0.39 is 17.1 Å². The number of hydrogen-bond acceptors (Lipinski definition) is 5. The maximum Gasteiger partial charge on any atom is 0.272 e. The number of nitrogens with zero attached hydrogens (tertiary/aromatic N) is 1. The van der Waals surface area contributed by atoms with Crippen molar-refractivity contribution in [3.63, 3.8) is 0 Å². The summed E-state index contributed by atoms with van der Waals surface area (Å²) in [6, 6.07) is 24.7. The molecule has 7 nitrogen and oxygen atoms in total. The van der Waals surface area contributed by atoms with Gasteiger partial charge in [-0.15, -0.1) is 11.8 Å². The van der Waals surface area contributed by atoms with Gasteiger partial charge in [-0.2, -0.15) is 0 Å². The van der Waals surface area contributed by atoms with Crippen LogP contribution in [0.25, 0.3) is 6.08 Å². The minimum absolute atomic E-state index is 0.0435. The van der Waals surface area contributed by atoms with Crippen LogP contribution in [0.4, 0.5) is 15.8 Å². The van der Waals surface area contributed by atoms with Crippen LogP contribution in [0.2, 0.25) is 0 Å². The molecule has 0 saturated carbocycles. The zero-order chi connectivity index (χ0) is 27.6. The topological polar surface area (TPSA) is 100 Å². The minimum atomic E-state index is -0.521. The third-order valence-corrected chi connectivity index (χ3v) is 6.50. The average Bonchev–Trinajstić information content (AvgIpc) is 2.95. The number of carbonyl (C=O) groups is 3. The molecule has 0 bridgehead atoms. The number of thioether (sulfide) groups is 1. The molecular weight excluding hydrogens is 515 g/mol. The van der Waals surface area contributed by atoms with Crippen LogP contribution in [0.15, 0.2) is 114 Å². The Balaban J connectivity index is 1.45. The van der Waals surface area contributed by atoms with Gasteiger partial charge in [0.15, 0.2) is 0 Å². The highest BCUT2D eigenvalue weighted by Crippen LogP contribution is 2.27. The summed E-state index contributed by atoms with van der Waals surface area (Å²) in [5, 5.41) is 7.80. The summed E-state index contributed by atoms with van der Waals surface area (Å²) in [6.45, 7) is 1.75. The molecule has 9 heteroatoms. The number of carbonyl (C=O) groups excluding carboxylic acids is 3. The number of nitrogens with one attached hydrogen (secondary N) is 3. The fraction of sp³-hybridized carbons (Fsp3) is 0.0667. The van der Waals surface area contributed by atoms with Gasteiger partial charge in [-0.05, 0) is 79.2 Å². The van der Waals surface area contributed by atoms with E-state index in [9.17, 15) is 18.8 Å². The predicted molar refractivity (Wildman–Crippen MR) is 152 cm³/mol. The SMILES string of the molecule is CC(Sc1cccc(NC(=O)/C(=C/c2cccnc2)NC(=O)c2ccccc2)c1)C(=O)Nc1ccc(F)cc1. The highest BCUT2D eigenvalue weighted by Gasteiger charge is 2.17. The Kier molecular flexibility index (Phi) is 9.20. The molecule has 0 spiro atoms. The van der Waals surface area contributed by atoms with Gasteiger partial charge in [0.05, 0.1) is 5.25 Å². The van der Waals surface area contributed by atoms with Crippen molar-refractivity contribution < 1.29 is 18.8 Å². The Morgan fingerprint density at radius 2 is 1.64 bits per heavy atom. The van der Waals surface area contributed by atoms with E-state index in [1.807, 2.05) is 6.07 Å². The molecule has 1 heterocycles. The van der Waals surface area contributed by atoms with Crippen molar-refractivity contribution in [1.29, 1.82) is 0 Å². The molecule has 0 aliphatic heterocycles. The zero-order valence-electron chi connectivity index (χ0n) is 20.9. The molecular formula is C30H25FN4O3S. The fourth-order valence-corrected chi connectivity index (χ4v) is 4.38. The first kappa shape index (κ1) is 27.3. The summed E-state index contributed by atoms with van der Waals surface area (Å²) < 4.78 is 13.1. The van der Waals surface area contributed by atoms with E-state index in [4.69, 9.17) is 0 Å². The molecule has 3 N–H and O–H groups in total. The quantitative estimate of drug-likeness (QED) is 0.185. The number of benzene rings is 3. The van der Waals surface area contributed by atoms with Crippen molar-refractivity contribution in [2.45, 2.75) is 17.1 Å². The monoisotopic (exact) mass is 540 g/mol. The first-order valence-corrected chi connectivity index (χ1v) is 12.9. The van der Waals surface area contributed by atoms with Gasteiger partial charge < -0.3 is 16.0 Å². The third-order valence-electron chi connectivity index (χ3n) is 5.41. The van der Waals surface area contributed by atoms with Crippen molar-refractivity contribution in [2.75, 3.05) is 10.6 Å². The summed E-state index contributed by atoms with van der Waals surface area (Å²) in [6.07, 6.45) is 4.74. The van der Waals surface area contributed by atoms with Gasteiger partial charge in [0, 0.05) is 34.2 Å². The van der Waals surface area contributed by atoms with E-state index >= 15 is 0 Å². The summed E-state index contributed by atoms with van der Waals surface area (Å²) in [5.74, 6) is -1.57. The van der Waals surface area contributed by atoms with Gasteiger partial charge in [0.25, 0.3) is 11.8 Å². The Labute approximate surface area is 229 Å². The van der Waals surface area contributed by atoms with E-state index in [0.29, 0.717) is 22.5 Å². The molecule has 4 rings (SSSR count). The first-order chi connectivity index (χ1) is 18.9. The number of halogens is 1. The lowest BCUT2D eigenvalue weighted by molar-refractivity contribution is -0.115. The number of hydrogen-bond donors (Lipinski definition) is 3. The molecule has 0 fully saturated rings. The number of amides is 3. The Morgan fingerprint density at radius 3 is 2.36 bits per heavy atom. The normalized spacial score (nSPS) is 11.8. The van der Waals surface area contributed by atoms with E-state index in [0.717, 1.165) is 4.90 Å². The Hall–Kier alpha value is -4.76. The second-order valence-corrected chi connectivity index (χ2v) is 9.82. The van der Waals surface area contributed by atoms with Crippen LogP contribution in [0.5, 0.6) is 0 Å². The van der Waals surface area contributed by atoms with Crippen LogP contribution in [0.1, 0.15) is 22.8 Å². The van der Waals surface area contributed by atoms with Gasteiger partial charge in [-0.1, -0.05) is 30.3 Å². The first-order valence-electron chi connectivity index (χ1n) is 12.0. The van der Waals surface area contributed by atoms with Crippen molar-refractivity contribution >= 4 is 46.9 Å². The van der Waals surface area contributed by atoms with Gasteiger partial charge in [-0.3, -0.25) is 19.4 Å². The molecule has 196 valence electrons. The zero-order valence-corrected chi connectivity index (χ0v) is 21.7. The largest absolute Gasteiger partial charge is 0.325 e. The highest BCUT2D eigenvalue weighted by molar-refractivity contribution is 8.00. The summed E-state index contributed by atoms with van der Waals surface area (Å²) in [5.41, 5.74) is 2.08. The predicted octanol–water partition coefficient (Wildman–Crippen LogP) is 5.75. The number of aromatic nitrogens is 1. The molecule has 0 aliphatic carbocycles. The molecule has 1 atom stereocenters. The highest BCUT2D eigenvalue weighted by atomic mass is 32.2. The van der Waals surface area contributed by atoms with Crippen LogP contribution in [0, 0.1) is 5.82 Å². The van der Waals surface area contributed by atoms with Crippen molar-refractivity contribution in [3.05, 3.63) is 126 Å². The van der Waals surface area contributed by atoms with E-state index in [1.165, 1.54) is 36.0 Å². The lowest BCUT2D eigenvalue weighted by Gasteiger charge is -2.14. The summed E-state index contributed by atoms with van der Waals surface area (Å²) in [7, 11) is 0. The molecule has 4 aromatic rings. The van der Waals surface area contributed by atoms with Gasteiger partial charge in [-0.25, -0.2) is 4.39 Å². The Bertz CT molecular complexity index is 1480. The molecule has 0 radical (unpaired) electrons. The van der Waals surface area contributed by atoms with E-state index in [1.54, 1.807) is 86.1 Å². The second kappa shape index (κ2) is 13.2. The maximum absolute atomic E-state index is 13.2. The third kappa shape index (κ3) is 8.11. The molecule has 39 heavy (non-hydrogen) atoms. The van der Waals surface area contributed by atoms with Crippen molar-refractivity contribution in [1.82, 2.24) is 10.3 Å². The van der Waals surface area contributed by atoms with Crippen LogP contribution in [0.3, 0.4) is 0 Å². The lowest BCUT2D eigenvalue weighted by atomic mass is 10.2. The average molecular weight is 541 g/mol.